The Balaban J connectivity index is 1.64. The molecule has 1 aliphatic heterocycles. The molecule has 0 bridgehead atoms. The number of carbonyl (C=O) groups is 1. The molecule has 0 saturated heterocycles. The second-order valence-electron chi connectivity index (χ2n) is 10.1. The number of hydrogen-bond acceptors (Lipinski definition) is 4. The fourth-order valence-corrected chi connectivity index (χ4v) is 6.21. The van der Waals surface area contributed by atoms with Crippen LogP contribution < -0.4 is 4.74 Å². The molecule has 186 valence electrons. The minimum atomic E-state index is -0.898. The largest absolute Gasteiger partial charge is 0.489 e. The Morgan fingerprint density at radius 1 is 1.14 bits per heavy atom. The van der Waals surface area contributed by atoms with Gasteiger partial charge in [-0.25, -0.2) is 0 Å². The summed E-state index contributed by atoms with van der Waals surface area (Å²) in [5.41, 5.74) is 4.67. The lowest BCUT2D eigenvalue weighted by molar-refractivity contribution is -0.146. The molecule has 0 spiro atoms. The van der Waals surface area contributed by atoms with E-state index in [2.05, 4.69) is 28.6 Å². The molecule has 1 unspecified atom stereocenters. The first-order valence-electron chi connectivity index (χ1n) is 12.1. The van der Waals surface area contributed by atoms with Crippen molar-refractivity contribution in [2.45, 2.75) is 56.9 Å². The SMILES string of the molecule is CC1Cc2c(OCc3ccncc3)ccc3c2c(c(CC(C)(C)C(=O)O)n3Cc2ccc(Cl)cc2)S1. The van der Waals surface area contributed by atoms with E-state index in [0.29, 0.717) is 29.8 Å². The van der Waals surface area contributed by atoms with Gasteiger partial charge in [0.25, 0.3) is 0 Å². The van der Waals surface area contributed by atoms with Gasteiger partial charge in [-0.05, 0) is 67.8 Å². The van der Waals surface area contributed by atoms with Crippen molar-refractivity contribution in [2.75, 3.05) is 0 Å². The van der Waals surface area contributed by atoms with Gasteiger partial charge in [0.1, 0.15) is 12.4 Å². The van der Waals surface area contributed by atoms with Gasteiger partial charge in [0.15, 0.2) is 0 Å². The molecule has 7 heteroatoms. The molecule has 3 heterocycles. The molecule has 2 aromatic heterocycles. The van der Waals surface area contributed by atoms with Crippen LogP contribution in [0.3, 0.4) is 0 Å². The normalized spacial score (nSPS) is 15.3. The van der Waals surface area contributed by atoms with Gasteiger partial charge in [0.2, 0.25) is 0 Å². The quantitative estimate of drug-likeness (QED) is 0.271. The number of thioether (sulfide) groups is 1. The molecule has 36 heavy (non-hydrogen) atoms. The standard InChI is InChI=1S/C29H29ClN2O3S/c1-18-14-22-25(35-17-20-10-12-31-13-11-20)9-8-23-26(22)27(36-18)24(15-29(2,3)28(33)34)32(23)16-19-4-6-21(30)7-5-19/h4-13,18H,14-17H2,1-3H3,(H,33,34). The summed E-state index contributed by atoms with van der Waals surface area (Å²) in [5.74, 6) is 0.0915. The number of ether oxygens (including phenoxy) is 1. The molecule has 1 aliphatic rings. The monoisotopic (exact) mass is 520 g/mol. The lowest BCUT2D eigenvalue weighted by Crippen LogP contribution is -2.28. The lowest BCUT2D eigenvalue weighted by atomic mass is 9.87. The van der Waals surface area contributed by atoms with E-state index in [-0.39, 0.29) is 0 Å². The molecule has 0 amide bonds. The molecule has 0 fully saturated rings. The molecule has 2 aromatic carbocycles. The molecule has 0 saturated carbocycles. The van der Waals surface area contributed by atoms with Crippen molar-refractivity contribution >= 4 is 40.2 Å². The van der Waals surface area contributed by atoms with Crippen LogP contribution in [0.25, 0.3) is 10.9 Å². The second kappa shape index (κ2) is 9.83. The number of carboxylic acids is 1. The highest BCUT2D eigenvalue weighted by Crippen LogP contribution is 2.48. The van der Waals surface area contributed by atoms with Crippen molar-refractivity contribution in [3.05, 3.63) is 88.3 Å². The van der Waals surface area contributed by atoms with Crippen LogP contribution in [0.2, 0.25) is 5.02 Å². The molecule has 0 aliphatic carbocycles. The van der Waals surface area contributed by atoms with Crippen molar-refractivity contribution < 1.29 is 14.6 Å². The zero-order chi connectivity index (χ0) is 25.4. The number of hydrogen-bond donors (Lipinski definition) is 1. The van der Waals surface area contributed by atoms with Crippen molar-refractivity contribution in [1.29, 1.82) is 0 Å². The second-order valence-corrected chi connectivity index (χ2v) is 12.0. The van der Waals surface area contributed by atoms with E-state index in [1.54, 1.807) is 26.2 Å². The molecule has 1 N–H and O–H groups in total. The summed E-state index contributed by atoms with van der Waals surface area (Å²) >= 11 is 7.97. The number of rotatable bonds is 8. The third-order valence-electron chi connectivity index (χ3n) is 6.75. The van der Waals surface area contributed by atoms with E-state index in [4.69, 9.17) is 16.3 Å². The third kappa shape index (κ3) is 4.84. The highest BCUT2D eigenvalue weighted by molar-refractivity contribution is 8.00. The predicted octanol–water partition coefficient (Wildman–Crippen LogP) is 7.01. The fourth-order valence-electron chi connectivity index (χ4n) is 4.77. The summed E-state index contributed by atoms with van der Waals surface area (Å²) in [6.45, 7) is 6.94. The van der Waals surface area contributed by atoms with Crippen molar-refractivity contribution in [2.24, 2.45) is 5.41 Å². The Hall–Kier alpha value is -2.96. The summed E-state index contributed by atoms with van der Waals surface area (Å²) in [5, 5.41) is 12.2. The number of carboxylic acid groups (broad SMARTS) is 1. The first kappa shape index (κ1) is 24.7. The van der Waals surface area contributed by atoms with Gasteiger partial charge in [-0.15, -0.1) is 11.8 Å². The number of nitrogens with zero attached hydrogens (tertiary/aromatic N) is 2. The maximum Gasteiger partial charge on any atom is 0.309 e. The minimum Gasteiger partial charge on any atom is -0.489 e. The number of pyridine rings is 1. The minimum absolute atomic E-state index is 0.351. The Labute approximate surface area is 220 Å². The summed E-state index contributed by atoms with van der Waals surface area (Å²) in [6, 6.07) is 16.0. The zero-order valence-corrected chi connectivity index (χ0v) is 22.2. The van der Waals surface area contributed by atoms with Gasteiger partial charge in [-0.3, -0.25) is 9.78 Å². The number of benzene rings is 2. The van der Waals surface area contributed by atoms with E-state index in [1.807, 2.05) is 48.2 Å². The van der Waals surface area contributed by atoms with Gasteiger partial charge >= 0.3 is 5.97 Å². The van der Waals surface area contributed by atoms with Gasteiger partial charge in [0.05, 0.1) is 10.9 Å². The van der Waals surface area contributed by atoms with E-state index in [9.17, 15) is 9.90 Å². The van der Waals surface area contributed by atoms with Crippen LogP contribution in [-0.4, -0.2) is 25.9 Å². The van der Waals surface area contributed by atoms with Gasteiger partial charge in [0, 0.05) is 57.2 Å². The van der Waals surface area contributed by atoms with E-state index in [1.165, 1.54) is 15.8 Å². The fraction of sp³-hybridized carbons (Fsp3) is 0.310. The Bertz CT molecular complexity index is 1410. The summed E-state index contributed by atoms with van der Waals surface area (Å²) in [6.07, 6.45) is 4.88. The molecule has 4 aromatic rings. The van der Waals surface area contributed by atoms with Crippen LogP contribution in [0.15, 0.2) is 65.8 Å². The van der Waals surface area contributed by atoms with E-state index in [0.717, 1.165) is 34.5 Å². The third-order valence-corrected chi connectivity index (χ3v) is 8.25. The predicted molar refractivity (Wildman–Crippen MR) is 145 cm³/mol. The molecule has 5 nitrogen and oxygen atoms in total. The maximum atomic E-state index is 12.1. The lowest BCUT2D eigenvalue weighted by Gasteiger charge is -2.24. The van der Waals surface area contributed by atoms with Crippen LogP contribution in [0, 0.1) is 5.41 Å². The summed E-state index contributed by atoms with van der Waals surface area (Å²) in [4.78, 5) is 17.4. The average molecular weight is 521 g/mol. The van der Waals surface area contributed by atoms with Gasteiger partial charge < -0.3 is 14.4 Å². The maximum absolute atomic E-state index is 12.1. The van der Waals surface area contributed by atoms with Gasteiger partial charge in [-0.1, -0.05) is 30.7 Å². The van der Waals surface area contributed by atoms with Crippen molar-refractivity contribution in [3.8, 4) is 5.75 Å². The molecular formula is C29H29ClN2O3S. The first-order chi connectivity index (χ1) is 17.2. The Morgan fingerprint density at radius 3 is 2.56 bits per heavy atom. The Kier molecular flexibility index (Phi) is 6.75. The van der Waals surface area contributed by atoms with Crippen LogP contribution in [-0.2, 0) is 30.8 Å². The van der Waals surface area contributed by atoms with Crippen molar-refractivity contribution in [1.82, 2.24) is 9.55 Å². The van der Waals surface area contributed by atoms with Crippen LogP contribution in [0.5, 0.6) is 5.75 Å². The zero-order valence-electron chi connectivity index (χ0n) is 20.6. The van der Waals surface area contributed by atoms with Crippen LogP contribution in [0.4, 0.5) is 0 Å². The average Bonchev–Trinajstić information content (AvgIpc) is 3.13. The molecular weight excluding hydrogens is 492 g/mol. The Morgan fingerprint density at radius 2 is 1.86 bits per heavy atom. The van der Waals surface area contributed by atoms with E-state index >= 15 is 0 Å². The van der Waals surface area contributed by atoms with Crippen molar-refractivity contribution in [3.63, 3.8) is 0 Å². The van der Waals surface area contributed by atoms with Crippen LogP contribution >= 0.6 is 23.4 Å². The number of aromatic nitrogens is 2. The molecule has 1 atom stereocenters. The van der Waals surface area contributed by atoms with Gasteiger partial charge in [-0.2, -0.15) is 0 Å². The first-order valence-corrected chi connectivity index (χ1v) is 13.3. The highest BCUT2D eigenvalue weighted by atomic mass is 35.5. The molecule has 5 rings (SSSR count). The van der Waals surface area contributed by atoms with E-state index < -0.39 is 11.4 Å². The smallest absolute Gasteiger partial charge is 0.309 e. The topological polar surface area (TPSA) is 64.3 Å². The molecule has 0 radical (unpaired) electrons. The highest BCUT2D eigenvalue weighted by Gasteiger charge is 2.34. The number of aliphatic carboxylic acids is 1. The van der Waals surface area contributed by atoms with Crippen LogP contribution in [0.1, 0.15) is 43.2 Å². The summed E-state index contributed by atoms with van der Waals surface area (Å²) < 4.78 is 8.62. The summed E-state index contributed by atoms with van der Waals surface area (Å²) in [7, 11) is 0. The number of halogens is 1.